The van der Waals surface area contributed by atoms with Crippen LogP contribution in [0.25, 0.3) is 123 Å². The van der Waals surface area contributed by atoms with Crippen molar-refractivity contribution < 1.29 is 41.5 Å². The van der Waals surface area contributed by atoms with Crippen LogP contribution in [0.5, 0.6) is 0 Å². The number of likely N-dealkylation sites (N-methyl/N-ethyl adjacent to an activating group) is 3. The van der Waals surface area contributed by atoms with Crippen molar-refractivity contribution in [2.45, 2.75) is 111 Å². The monoisotopic (exact) mass is 1780 g/mol. The number of nitrogens with one attached hydrogen (secondary N) is 1. The molecule has 24 nitrogen and oxygen atoms in total. The van der Waals surface area contributed by atoms with Crippen LogP contribution in [0.3, 0.4) is 0 Å². The zero-order valence-electron chi connectivity index (χ0n) is 69.8. The van der Waals surface area contributed by atoms with Gasteiger partial charge in [0.25, 0.3) is 0 Å². The van der Waals surface area contributed by atoms with Crippen molar-refractivity contribution in [1.82, 2.24) is 89.3 Å². The first-order valence-electron chi connectivity index (χ1n) is 39.2. The van der Waals surface area contributed by atoms with Gasteiger partial charge in [-0.2, -0.15) is 15.3 Å². The molecule has 0 saturated carbocycles. The predicted molar refractivity (Wildman–Crippen MR) is 479 cm³/mol. The van der Waals surface area contributed by atoms with Crippen LogP contribution in [-0.4, -0.2) is 166 Å². The van der Waals surface area contributed by atoms with E-state index in [9.17, 15) is 22.8 Å². The first-order valence-corrected chi connectivity index (χ1v) is 41.2. The molecule has 1 aliphatic rings. The Bertz CT molecular complexity index is 6330. The van der Waals surface area contributed by atoms with E-state index in [1.165, 1.54) is 41.3 Å². The van der Waals surface area contributed by atoms with Gasteiger partial charge in [0.1, 0.15) is 28.7 Å². The molecule has 1 saturated heterocycles. The van der Waals surface area contributed by atoms with Crippen molar-refractivity contribution in [2.75, 3.05) is 40.8 Å². The molecule has 15 aromatic rings. The topological polar surface area (TPSA) is 259 Å². The molecular weight excluding hydrogens is 1700 g/mol. The highest BCUT2D eigenvalue weighted by Gasteiger charge is 2.52. The minimum absolute atomic E-state index is 0.294. The molecule has 32 heteroatoms. The van der Waals surface area contributed by atoms with Gasteiger partial charge in [0.2, 0.25) is 0 Å². The van der Waals surface area contributed by atoms with Gasteiger partial charge in [-0.3, -0.25) is 29.0 Å². The molecule has 3 aromatic carbocycles. The van der Waals surface area contributed by atoms with Gasteiger partial charge in [-0.05, 0) is 236 Å². The molecule has 0 bridgehead atoms. The van der Waals surface area contributed by atoms with E-state index in [0.29, 0.717) is 92.0 Å². The first-order chi connectivity index (χ1) is 58.6. The van der Waals surface area contributed by atoms with Crippen molar-refractivity contribution in [3.05, 3.63) is 257 Å². The number of carbonyl (C=O) groups excluding carboxylic acids is 2. The number of benzene rings is 3. The predicted octanol–water partition coefficient (Wildman–Crippen LogP) is 20.1. The fourth-order valence-corrected chi connectivity index (χ4v) is 13.8. The Balaban J connectivity index is 0.000000144. The maximum atomic E-state index is 14.7. The van der Waals surface area contributed by atoms with Gasteiger partial charge in [0, 0.05) is 211 Å². The number of hydrogen-bond acceptors (Lipinski definition) is 19. The SMILES string of the molecule is CN(CCn1cc(-c2cncc(-c3cc(-c4cc(Cl)ccc4F)nc4ncccc34)c2)cn1)C(=O)OC(C)(C)C.CN(CCn1cc(B2OC(C)(C)C(C)(C)O2)cn1)C(=O)OC(C)(C)C.CNCCn1cc(-c2cncc(-c3cc(-c4cc(Cl)ccc4F)nc4ncccc34)c2)cn1.Fc1ccc(Cl)cc1-c1cc(-c2cncc(Br)c2)c2cccnc2n1. The zero-order chi connectivity index (χ0) is 87.7. The van der Waals surface area contributed by atoms with Gasteiger partial charge in [0.15, 0.2) is 16.9 Å². The Morgan fingerprint density at radius 1 is 0.463 bits per heavy atom. The number of hydrogen-bond donors (Lipinski definition) is 1. The van der Waals surface area contributed by atoms with E-state index < -0.39 is 30.0 Å². The maximum Gasteiger partial charge on any atom is 0.498 e. The molecule has 123 heavy (non-hydrogen) atoms. The lowest BCUT2D eigenvalue weighted by atomic mass is 9.82. The number of halogens is 7. The first kappa shape index (κ1) is 88.8. The van der Waals surface area contributed by atoms with Gasteiger partial charge >= 0.3 is 19.3 Å². The normalized spacial score (nSPS) is 12.9. The van der Waals surface area contributed by atoms with Crippen LogP contribution < -0.4 is 10.8 Å². The van der Waals surface area contributed by atoms with E-state index in [1.54, 1.807) is 109 Å². The third kappa shape index (κ3) is 22.3. The van der Waals surface area contributed by atoms with Gasteiger partial charge in [-0.15, -0.1) is 0 Å². The number of aromatic nitrogens is 15. The summed E-state index contributed by atoms with van der Waals surface area (Å²) >= 11 is 21.8. The molecule has 0 spiro atoms. The highest BCUT2D eigenvalue weighted by atomic mass is 79.9. The molecule has 13 heterocycles. The van der Waals surface area contributed by atoms with Crippen molar-refractivity contribution >= 4 is 109 Å². The lowest BCUT2D eigenvalue weighted by Gasteiger charge is -2.32. The number of pyridine rings is 9. The van der Waals surface area contributed by atoms with E-state index in [4.69, 9.17) is 53.6 Å². The molecule has 16 rings (SSSR count). The Labute approximate surface area is 733 Å². The van der Waals surface area contributed by atoms with E-state index in [-0.39, 0.29) is 29.2 Å². The number of nitrogens with zero attached hydrogens (tertiary/aromatic N) is 17. The Morgan fingerprint density at radius 3 is 1.20 bits per heavy atom. The second-order valence-electron chi connectivity index (χ2n) is 32.0. The van der Waals surface area contributed by atoms with Gasteiger partial charge in [-0.25, -0.2) is 52.7 Å². The molecule has 0 aliphatic carbocycles. The zero-order valence-corrected chi connectivity index (χ0v) is 73.7. The van der Waals surface area contributed by atoms with Crippen LogP contribution in [0.2, 0.25) is 15.1 Å². The van der Waals surface area contributed by atoms with Crippen LogP contribution >= 0.6 is 50.7 Å². The Kier molecular flexibility index (Phi) is 27.6. The van der Waals surface area contributed by atoms with Crippen LogP contribution in [0.15, 0.2) is 225 Å². The fourth-order valence-electron chi connectivity index (χ4n) is 12.9. The Hall–Kier alpha value is -12.0. The average Bonchev–Trinajstić information content (AvgIpc) is 1.63. The Morgan fingerprint density at radius 2 is 0.821 bits per heavy atom. The molecule has 0 atom stereocenters. The molecule has 1 aliphatic heterocycles. The number of carbonyl (C=O) groups is 2. The highest BCUT2D eigenvalue weighted by Crippen LogP contribution is 2.40. The summed E-state index contributed by atoms with van der Waals surface area (Å²) in [5.41, 5.74) is 11.7. The summed E-state index contributed by atoms with van der Waals surface area (Å²) in [5, 5.41) is 20.2. The summed E-state index contributed by atoms with van der Waals surface area (Å²) in [6, 6.07) is 36.1. The van der Waals surface area contributed by atoms with Crippen LogP contribution in [0.1, 0.15) is 69.2 Å². The molecule has 1 N–H and O–H groups in total. The number of fused-ring (bicyclic) bond motifs is 3. The lowest BCUT2D eigenvalue weighted by Crippen LogP contribution is -2.41. The van der Waals surface area contributed by atoms with E-state index in [2.05, 4.69) is 81.4 Å². The summed E-state index contributed by atoms with van der Waals surface area (Å²) in [5.74, 6) is -1.20. The molecule has 630 valence electrons. The molecule has 12 aromatic heterocycles. The average molecular weight is 1780 g/mol. The van der Waals surface area contributed by atoms with E-state index in [1.807, 2.05) is 185 Å². The third-order valence-corrected chi connectivity index (χ3v) is 21.1. The highest BCUT2D eigenvalue weighted by molar-refractivity contribution is 9.10. The summed E-state index contributed by atoms with van der Waals surface area (Å²) in [6.07, 6.45) is 26.0. The minimum atomic E-state index is -0.554. The summed E-state index contributed by atoms with van der Waals surface area (Å²) in [4.78, 5) is 67.3. The molecular formula is C91H88BBrCl3F3N18O6. The standard InChI is InChI=1S/C30H28ClFN6O2.C25H20ClFN6.C19H10BrClFN3.C17H30BN3O4/c1-30(2,3)40-29(39)37(4)10-11-38-18-21(17-35-38)19-12-20(16-33-15-19)24-14-27(25-13-22(31)7-8-26(25)32)36-28-23(24)6-5-9-34-28;1-28-7-8-33-15-18(14-31-33)16-9-17(13-29-12-16)21-11-24(22-10-19(26)4-5-23(22)27)32-25-20(21)3-2-6-30-25;20-12-6-11(9-23-10-12)15-8-18(16-7-13(21)3-4-17(16)22)25-19-14(15)2-1-5-24-19;1-15(2,3)23-14(22)20(8)9-10-21-12-13(11-19-21)18-24-16(4,5)17(6,7)25-18/h5-9,12-18H,10-11H2,1-4H3;2-6,9-15,28H,7-8H2,1H3;1-10H;11-12H,9-10H2,1-8H3. The summed E-state index contributed by atoms with van der Waals surface area (Å²) in [7, 11) is 4.90. The van der Waals surface area contributed by atoms with Crippen LogP contribution in [0, 0.1) is 17.5 Å². The van der Waals surface area contributed by atoms with Gasteiger partial charge < -0.3 is 33.9 Å². The van der Waals surface area contributed by atoms with Gasteiger partial charge in [0.05, 0.1) is 60.3 Å². The van der Waals surface area contributed by atoms with Crippen LogP contribution in [0.4, 0.5) is 22.8 Å². The largest absolute Gasteiger partial charge is 0.498 e. The lowest BCUT2D eigenvalue weighted by molar-refractivity contribution is 0.00578. The van der Waals surface area contributed by atoms with Crippen molar-refractivity contribution in [3.8, 4) is 89.4 Å². The number of rotatable bonds is 18. The quantitative estimate of drug-likeness (QED) is 0.0783. The molecule has 0 unspecified atom stereocenters. The molecule has 1 fully saturated rings. The molecule has 2 amide bonds. The smallest absolute Gasteiger partial charge is 0.444 e. The van der Waals surface area contributed by atoms with Crippen LogP contribution in [-0.2, 0) is 38.4 Å². The second kappa shape index (κ2) is 38.2. The maximum absolute atomic E-state index is 14.7. The van der Waals surface area contributed by atoms with Crippen molar-refractivity contribution in [2.24, 2.45) is 0 Å². The third-order valence-electron chi connectivity index (χ3n) is 19.9. The van der Waals surface area contributed by atoms with Gasteiger partial charge in [-0.1, -0.05) is 34.8 Å². The van der Waals surface area contributed by atoms with E-state index >= 15 is 0 Å². The summed E-state index contributed by atoms with van der Waals surface area (Å²) < 4.78 is 72.8. The summed E-state index contributed by atoms with van der Waals surface area (Å²) in [6.45, 7) is 22.8. The number of ether oxygens (including phenoxy) is 2. The minimum Gasteiger partial charge on any atom is -0.444 e. The fraction of sp³-hybridized carbons (Fsp3) is 0.253. The second-order valence-corrected chi connectivity index (χ2v) is 34.2. The van der Waals surface area contributed by atoms with Crippen molar-refractivity contribution in [1.29, 1.82) is 0 Å². The van der Waals surface area contributed by atoms with E-state index in [0.717, 1.165) is 94.8 Å². The number of amides is 2. The van der Waals surface area contributed by atoms with Crippen molar-refractivity contribution in [3.63, 3.8) is 0 Å². The molecule has 0 radical (unpaired) electrons.